The monoisotopic (exact) mass is 263 g/mol. The van der Waals surface area contributed by atoms with Crippen LogP contribution in [-0.2, 0) is 11.3 Å². The molecule has 0 bridgehead atoms. The molecule has 1 N–H and O–H groups in total. The maximum Gasteiger partial charge on any atom is 0.123 e. The van der Waals surface area contributed by atoms with Gasteiger partial charge in [0.2, 0.25) is 0 Å². The van der Waals surface area contributed by atoms with Crippen LogP contribution in [0.1, 0.15) is 38.2 Å². The number of unbranched alkanes of at least 4 members (excludes halogenated alkanes) is 1. The summed E-state index contributed by atoms with van der Waals surface area (Å²) >= 11 is 0. The first-order chi connectivity index (χ1) is 9.40. The maximum atomic E-state index is 5.81. The quantitative estimate of drug-likeness (QED) is 0.658. The Morgan fingerprint density at radius 2 is 2.00 bits per heavy atom. The Morgan fingerprint density at radius 1 is 1.16 bits per heavy atom. The van der Waals surface area contributed by atoms with E-state index >= 15 is 0 Å². The lowest BCUT2D eigenvalue weighted by Crippen LogP contribution is -2.16. The molecule has 1 saturated carbocycles. The zero-order valence-electron chi connectivity index (χ0n) is 11.9. The summed E-state index contributed by atoms with van der Waals surface area (Å²) in [5.41, 5.74) is 1.24. The van der Waals surface area contributed by atoms with Crippen molar-refractivity contribution in [3.05, 3.63) is 29.8 Å². The van der Waals surface area contributed by atoms with E-state index in [1.807, 2.05) is 12.1 Å². The molecule has 19 heavy (non-hydrogen) atoms. The third-order valence-corrected chi connectivity index (χ3v) is 3.26. The van der Waals surface area contributed by atoms with Crippen LogP contribution in [0.2, 0.25) is 0 Å². The summed E-state index contributed by atoms with van der Waals surface area (Å²) in [6, 6.07) is 8.98. The summed E-state index contributed by atoms with van der Waals surface area (Å²) in [7, 11) is 0. The fourth-order valence-electron chi connectivity index (χ4n) is 1.89. The van der Waals surface area contributed by atoms with Crippen LogP contribution in [0.4, 0.5) is 0 Å². The van der Waals surface area contributed by atoms with Crippen LogP contribution in [0.5, 0.6) is 5.75 Å². The molecule has 3 nitrogen and oxygen atoms in total. The van der Waals surface area contributed by atoms with Crippen molar-refractivity contribution < 1.29 is 9.47 Å². The number of para-hydroxylation sites is 1. The normalized spacial score (nSPS) is 14.6. The predicted molar refractivity (Wildman–Crippen MR) is 77.5 cm³/mol. The van der Waals surface area contributed by atoms with Gasteiger partial charge in [-0.2, -0.15) is 0 Å². The van der Waals surface area contributed by atoms with E-state index in [2.05, 4.69) is 24.4 Å². The van der Waals surface area contributed by atoms with E-state index in [1.54, 1.807) is 0 Å². The van der Waals surface area contributed by atoms with Crippen molar-refractivity contribution in [2.24, 2.45) is 0 Å². The summed E-state index contributed by atoms with van der Waals surface area (Å²) in [5, 5.41) is 3.52. The van der Waals surface area contributed by atoms with Gasteiger partial charge in [0.05, 0.1) is 6.61 Å². The van der Waals surface area contributed by atoms with Crippen LogP contribution in [0, 0.1) is 0 Å². The van der Waals surface area contributed by atoms with Gasteiger partial charge in [-0.3, -0.25) is 0 Å². The van der Waals surface area contributed by atoms with Gasteiger partial charge < -0.3 is 14.8 Å². The smallest absolute Gasteiger partial charge is 0.123 e. The number of ether oxygens (including phenoxy) is 2. The average molecular weight is 263 g/mol. The van der Waals surface area contributed by atoms with E-state index in [1.165, 1.54) is 24.8 Å². The van der Waals surface area contributed by atoms with Crippen molar-refractivity contribution in [1.29, 1.82) is 0 Å². The second-order valence-electron chi connectivity index (χ2n) is 5.08. The minimum Gasteiger partial charge on any atom is -0.491 e. The summed E-state index contributed by atoms with van der Waals surface area (Å²) in [6.45, 7) is 5.21. The second-order valence-corrected chi connectivity index (χ2v) is 5.08. The van der Waals surface area contributed by atoms with Crippen LogP contribution in [0.25, 0.3) is 0 Å². The molecule has 0 amide bonds. The van der Waals surface area contributed by atoms with Gasteiger partial charge in [0, 0.05) is 24.8 Å². The van der Waals surface area contributed by atoms with E-state index in [0.717, 1.165) is 31.4 Å². The van der Waals surface area contributed by atoms with Crippen molar-refractivity contribution in [2.45, 2.75) is 45.2 Å². The van der Waals surface area contributed by atoms with Gasteiger partial charge >= 0.3 is 0 Å². The molecular weight excluding hydrogens is 238 g/mol. The van der Waals surface area contributed by atoms with Gasteiger partial charge in [-0.25, -0.2) is 0 Å². The number of nitrogens with one attached hydrogen (secondary N) is 1. The molecule has 0 saturated heterocycles. The van der Waals surface area contributed by atoms with E-state index in [-0.39, 0.29) is 0 Å². The summed E-state index contributed by atoms with van der Waals surface area (Å²) < 4.78 is 11.3. The topological polar surface area (TPSA) is 30.5 Å². The first-order valence-corrected chi connectivity index (χ1v) is 7.42. The van der Waals surface area contributed by atoms with E-state index in [4.69, 9.17) is 9.47 Å². The van der Waals surface area contributed by atoms with Crippen molar-refractivity contribution in [1.82, 2.24) is 5.32 Å². The fraction of sp³-hybridized carbons (Fsp3) is 0.625. The van der Waals surface area contributed by atoms with E-state index < -0.39 is 0 Å². The first-order valence-electron chi connectivity index (χ1n) is 7.42. The number of hydrogen-bond acceptors (Lipinski definition) is 3. The number of benzene rings is 1. The van der Waals surface area contributed by atoms with Crippen molar-refractivity contribution >= 4 is 0 Å². The number of hydrogen-bond donors (Lipinski definition) is 1. The van der Waals surface area contributed by atoms with Crippen LogP contribution in [0.15, 0.2) is 24.3 Å². The Bertz CT molecular complexity index is 364. The zero-order valence-corrected chi connectivity index (χ0v) is 11.9. The predicted octanol–water partition coefficient (Wildman–Crippen LogP) is 3.13. The lowest BCUT2D eigenvalue weighted by Gasteiger charge is -2.12. The highest BCUT2D eigenvalue weighted by molar-refractivity contribution is 5.33. The van der Waals surface area contributed by atoms with Crippen molar-refractivity contribution in [3.63, 3.8) is 0 Å². The van der Waals surface area contributed by atoms with Crippen LogP contribution in [-0.4, -0.2) is 25.9 Å². The highest BCUT2D eigenvalue weighted by Gasteiger charge is 2.20. The highest BCUT2D eigenvalue weighted by Crippen LogP contribution is 2.22. The molecule has 1 aliphatic carbocycles. The lowest BCUT2D eigenvalue weighted by atomic mass is 10.2. The molecule has 0 aromatic heterocycles. The second kappa shape index (κ2) is 8.18. The molecule has 1 aromatic carbocycles. The molecule has 0 spiro atoms. The van der Waals surface area contributed by atoms with Crippen molar-refractivity contribution in [3.8, 4) is 5.75 Å². The summed E-state index contributed by atoms with van der Waals surface area (Å²) in [5.74, 6) is 0.981. The van der Waals surface area contributed by atoms with Gasteiger partial charge in [0.15, 0.2) is 0 Å². The molecular formula is C16H25NO2. The molecule has 0 heterocycles. The molecule has 0 atom stereocenters. The lowest BCUT2D eigenvalue weighted by molar-refractivity contribution is 0.0977. The SMILES string of the molecule is CCCCOCCOc1ccccc1CNC1CC1. The Morgan fingerprint density at radius 3 is 2.79 bits per heavy atom. The van der Waals surface area contributed by atoms with Gasteiger partial charge in [0.25, 0.3) is 0 Å². The van der Waals surface area contributed by atoms with Crippen LogP contribution < -0.4 is 10.1 Å². The van der Waals surface area contributed by atoms with Crippen molar-refractivity contribution in [2.75, 3.05) is 19.8 Å². The molecule has 1 fully saturated rings. The standard InChI is InChI=1S/C16H25NO2/c1-2-3-10-18-11-12-19-16-7-5-4-6-14(16)13-17-15-8-9-15/h4-7,15,17H,2-3,8-13H2,1H3. The first kappa shape index (κ1) is 14.4. The minimum atomic E-state index is 0.629. The third-order valence-electron chi connectivity index (χ3n) is 3.26. The Kier molecular flexibility index (Phi) is 6.18. The molecule has 0 unspecified atom stereocenters. The summed E-state index contributed by atoms with van der Waals surface area (Å²) in [4.78, 5) is 0. The van der Waals surface area contributed by atoms with Gasteiger partial charge in [-0.15, -0.1) is 0 Å². The van der Waals surface area contributed by atoms with E-state index in [0.29, 0.717) is 13.2 Å². The minimum absolute atomic E-state index is 0.629. The number of rotatable bonds is 10. The molecule has 0 radical (unpaired) electrons. The molecule has 3 heteroatoms. The Hall–Kier alpha value is -1.06. The van der Waals surface area contributed by atoms with E-state index in [9.17, 15) is 0 Å². The average Bonchev–Trinajstić information content (AvgIpc) is 3.25. The molecule has 0 aliphatic heterocycles. The Labute approximate surface area is 116 Å². The third kappa shape index (κ3) is 5.62. The maximum absolute atomic E-state index is 5.81. The fourth-order valence-corrected chi connectivity index (χ4v) is 1.89. The van der Waals surface area contributed by atoms with Gasteiger partial charge in [0.1, 0.15) is 12.4 Å². The summed E-state index contributed by atoms with van der Waals surface area (Å²) in [6.07, 6.45) is 4.93. The zero-order chi connectivity index (χ0) is 13.3. The molecule has 1 aliphatic rings. The molecule has 2 rings (SSSR count). The molecule has 1 aromatic rings. The Balaban J connectivity index is 1.68. The molecule has 106 valence electrons. The van der Waals surface area contributed by atoms with Gasteiger partial charge in [-0.1, -0.05) is 31.5 Å². The van der Waals surface area contributed by atoms with Gasteiger partial charge in [-0.05, 0) is 25.3 Å². The largest absolute Gasteiger partial charge is 0.491 e. The highest BCUT2D eigenvalue weighted by atomic mass is 16.5. The van der Waals surface area contributed by atoms with Crippen LogP contribution in [0.3, 0.4) is 0 Å². The van der Waals surface area contributed by atoms with Crippen LogP contribution >= 0.6 is 0 Å².